The van der Waals surface area contributed by atoms with Gasteiger partial charge in [-0.1, -0.05) is 20.8 Å². The van der Waals surface area contributed by atoms with Gasteiger partial charge in [-0.3, -0.25) is 0 Å². The van der Waals surface area contributed by atoms with Crippen molar-refractivity contribution < 1.29 is 9.47 Å². The predicted molar refractivity (Wildman–Crippen MR) is 58.2 cm³/mol. The highest BCUT2D eigenvalue weighted by Gasteiger charge is 1.77. The van der Waals surface area contributed by atoms with Gasteiger partial charge in [-0.15, -0.1) is 0 Å². The second-order valence-corrected chi connectivity index (χ2v) is 2.81. The summed E-state index contributed by atoms with van der Waals surface area (Å²) in [4.78, 5) is 0. The van der Waals surface area contributed by atoms with Crippen molar-refractivity contribution >= 4 is 0 Å². The standard InChI is InChI=1S/C6H14O.C5H12O/c1-3-5-7-6-4-2;1-3-5-6-4-2/h3-6H2,1-2H3;3-5H2,1-2H3. The van der Waals surface area contributed by atoms with Crippen molar-refractivity contribution in [3.05, 3.63) is 0 Å². The van der Waals surface area contributed by atoms with Crippen LogP contribution in [0.5, 0.6) is 0 Å². The van der Waals surface area contributed by atoms with E-state index < -0.39 is 0 Å². The lowest BCUT2D eigenvalue weighted by Gasteiger charge is -1.95. The Morgan fingerprint density at radius 3 is 1.23 bits per heavy atom. The Balaban J connectivity index is 0. The van der Waals surface area contributed by atoms with E-state index in [-0.39, 0.29) is 0 Å². The van der Waals surface area contributed by atoms with Crippen LogP contribution in [-0.2, 0) is 9.47 Å². The van der Waals surface area contributed by atoms with Gasteiger partial charge in [-0.25, -0.2) is 0 Å². The molecule has 0 bridgehead atoms. The number of ether oxygens (including phenoxy) is 2. The van der Waals surface area contributed by atoms with Gasteiger partial charge in [-0.2, -0.15) is 0 Å². The molecule has 0 aromatic rings. The topological polar surface area (TPSA) is 18.5 Å². The third-order valence-electron chi connectivity index (χ3n) is 1.25. The van der Waals surface area contributed by atoms with Crippen molar-refractivity contribution in [2.45, 2.75) is 47.0 Å². The SMILES string of the molecule is CCCOCC.CCCOCCC. The summed E-state index contributed by atoms with van der Waals surface area (Å²) in [5, 5.41) is 0. The monoisotopic (exact) mass is 190 g/mol. The third-order valence-corrected chi connectivity index (χ3v) is 1.25. The van der Waals surface area contributed by atoms with E-state index in [1.807, 2.05) is 6.92 Å². The van der Waals surface area contributed by atoms with Crippen LogP contribution in [-0.4, -0.2) is 26.4 Å². The van der Waals surface area contributed by atoms with Gasteiger partial charge in [0.15, 0.2) is 0 Å². The lowest BCUT2D eigenvalue weighted by Crippen LogP contribution is -1.92. The average molecular weight is 190 g/mol. The smallest absolute Gasteiger partial charge is 0.0463 e. The molecule has 0 aliphatic carbocycles. The Labute approximate surface area is 83.6 Å². The molecular weight excluding hydrogens is 164 g/mol. The van der Waals surface area contributed by atoms with Crippen LogP contribution in [0.1, 0.15) is 47.0 Å². The molecule has 0 saturated carbocycles. The lowest BCUT2D eigenvalue weighted by atomic mass is 10.5. The summed E-state index contributed by atoms with van der Waals surface area (Å²) in [5.41, 5.74) is 0. The first kappa shape index (κ1) is 15.4. The molecule has 0 aliphatic rings. The van der Waals surface area contributed by atoms with Crippen LogP contribution < -0.4 is 0 Å². The fourth-order valence-corrected chi connectivity index (χ4v) is 0.679. The molecule has 82 valence electrons. The quantitative estimate of drug-likeness (QED) is 0.574. The third kappa shape index (κ3) is 24.5. The Bertz CT molecular complexity index is 57.1. The molecule has 0 rings (SSSR count). The molecule has 0 N–H and O–H groups in total. The van der Waals surface area contributed by atoms with Crippen molar-refractivity contribution in [1.82, 2.24) is 0 Å². The van der Waals surface area contributed by atoms with Crippen LogP contribution in [0, 0.1) is 0 Å². The molecule has 0 aromatic carbocycles. The number of hydrogen-bond acceptors (Lipinski definition) is 2. The maximum absolute atomic E-state index is 5.13. The predicted octanol–water partition coefficient (Wildman–Crippen LogP) is 3.26. The second kappa shape index (κ2) is 17.9. The highest BCUT2D eigenvalue weighted by atomic mass is 16.5. The van der Waals surface area contributed by atoms with Crippen molar-refractivity contribution in [3.63, 3.8) is 0 Å². The molecule has 0 spiro atoms. The molecule has 2 heteroatoms. The minimum atomic E-state index is 0.855. The van der Waals surface area contributed by atoms with Crippen molar-refractivity contribution in [2.75, 3.05) is 26.4 Å². The highest BCUT2D eigenvalue weighted by Crippen LogP contribution is 1.81. The molecule has 0 fully saturated rings. The molecule has 0 unspecified atom stereocenters. The van der Waals surface area contributed by atoms with Gasteiger partial charge in [0.1, 0.15) is 0 Å². The first-order valence-corrected chi connectivity index (χ1v) is 5.48. The van der Waals surface area contributed by atoms with E-state index in [0.29, 0.717) is 0 Å². The van der Waals surface area contributed by atoms with Crippen LogP contribution >= 0.6 is 0 Å². The van der Waals surface area contributed by atoms with E-state index >= 15 is 0 Å². The van der Waals surface area contributed by atoms with E-state index in [1.54, 1.807) is 0 Å². The number of hydrogen-bond donors (Lipinski definition) is 0. The number of rotatable bonds is 7. The van der Waals surface area contributed by atoms with E-state index in [9.17, 15) is 0 Å². The van der Waals surface area contributed by atoms with Crippen LogP contribution in [0.25, 0.3) is 0 Å². The molecule has 0 saturated heterocycles. The van der Waals surface area contributed by atoms with Gasteiger partial charge >= 0.3 is 0 Å². The van der Waals surface area contributed by atoms with Crippen LogP contribution in [0.15, 0.2) is 0 Å². The second-order valence-electron chi connectivity index (χ2n) is 2.81. The maximum Gasteiger partial charge on any atom is 0.0463 e. The van der Waals surface area contributed by atoms with E-state index in [0.717, 1.165) is 45.7 Å². The largest absolute Gasteiger partial charge is 0.382 e. The maximum atomic E-state index is 5.13. The van der Waals surface area contributed by atoms with Crippen LogP contribution in [0.3, 0.4) is 0 Å². The van der Waals surface area contributed by atoms with Crippen LogP contribution in [0.4, 0.5) is 0 Å². The van der Waals surface area contributed by atoms with Gasteiger partial charge in [-0.05, 0) is 26.2 Å². The summed E-state index contributed by atoms with van der Waals surface area (Å²) in [6.07, 6.45) is 3.41. The van der Waals surface area contributed by atoms with E-state index in [4.69, 9.17) is 9.47 Å². The first-order chi connectivity index (χ1) is 6.33. The van der Waals surface area contributed by atoms with Gasteiger partial charge in [0.05, 0.1) is 0 Å². The van der Waals surface area contributed by atoms with Gasteiger partial charge in [0.25, 0.3) is 0 Å². The molecular formula is C11H26O2. The molecule has 13 heavy (non-hydrogen) atoms. The Kier molecular flexibility index (Phi) is 21.2. The Morgan fingerprint density at radius 2 is 1.00 bits per heavy atom. The summed E-state index contributed by atoms with van der Waals surface area (Å²) in [6, 6.07) is 0. The minimum Gasteiger partial charge on any atom is -0.382 e. The van der Waals surface area contributed by atoms with Gasteiger partial charge in [0, 0.05) is 26.4 Å². The van der Waals surface area contributed by atoms with Crippen LogP contribution in [0.2, 0.25) is 0 Å². The average Bonchev–Trinajstić information content (AvgIpc) is 2.17. The van der Waals surface area contributed by atoms with E-state index in [2.05, 4.69) is 20.8 Å². The minimum absolute atomic E-state index is 0.855. The Morgan fingerprint density at radius 1 is 0.615 bits per heavy atom. The molecule has 0 aliphatic heterocycles. The summed E-state index contributed by atoms with van der Waals surface area (Å²) < 4.78 is 10.1. The van der Waals surface area contributed by atoms with Gasteiger partial charge < -0.3 is 9.47 Å². The molecule has 0 heterocycles. The molecule has 2 nitrogen and oxygen atoms in total. The fourth-order valence-electron chi connectivity index (χ4n) is 0.679. The molecule has 0 amide bonds. The fraction of sp³-hybridized carbons (Fsp3) is 1.00. The highest BCUT2D eigenvalue weighted by molar-refractivity contribution is 4.25. The molecule has 0 atom stereocenters. The molecule has 0 radical (unpaired) electrons. The van der Waals surface area contributed by atoms with E-state index in [1.165, 1.54) is 0 Å². The summed E-state index contributed by atoms with van der Waals surface area (Å²) in [6.45, 7) is 12.0. The Hall–Kier alpha value is -0.0800. The summed E-state index contributed by atoms with van der Waals surface area (Å²) in [7, 11) is 0. The lowest BCUT2D eigenvalue weighted by molar-refractivity contribution is 0.135. The first-order valence-electron chi connectivity index (χ1n) is 5.48. The van der Waals surface area contributed by atoms with Crippen molar-refractivity contribution in [3.8, 4) is 0 Å². The van der Waals surface area contributed by atoms with Crippen molar-refractivity contribution in [1.29, 1.82) is 0 Å². The molecule has 0 aromatic heterocycles. The zero-order valence-corrected chi connectivity index (χ0v) is 9.77. The van der Waals surface area contributed by atoms with Crippen molar-refractivity contribution in [2.24, 2.45) is 0 Å². The van der Waals surface area contributed by atoms with Gasteiger partial charge in [0.2, 0.25) is 0 Å². The summed E-state index contributed by atoms with van der Waals surface area (Å²) in [5.74, 6) is 0. The zero-order chi connectivity index (χ0) is 10.4. The normalized spacial score (nSPS) is 9.23. The zero-order valence-electron chi connectivity index (χ0n) is 9.77. The summed E-state index contributed by atoms with van der Waals surface area (Å²) >= 11 is 0.